The monoisotopic (exact) mass is 489 g/mol. The highest BCUT2D eigenvalue weighted by atomic mass is 32.2. The summed E-state index contributed by atoms with van der Waals surface area (Å²) in [5.74, 6) is 0.738. The van der Waals surface area contributed by atoms with Crippen LogP contribution in [-0.4, -0.2) is 46.9 Å². The van der Waals surface area contributed by atoms with Crippen LogP contribution >= 0.6 is 0 Å². The molecule has 1 amide bonds. The van der Waals surface area contributed by atoms with Gasteiger partial charge in [-0.25, -0.2) is 13.1 Å². The lowest BCUT2D eigenvalue weighted by Crippen LogP contribution is -2.40. The van der Waals surface area contributed by atoms with Crippen LogP contribution in [0.5, 0.6) is 0 Å². The Morgan fingerprint density at radius 2 is 1.86 bits per heavy atom. The first kappa shape index (κ1) is 23.2. The van der Waals surface area contributed by atoms with E-state index in [-0.39, 0.29) is 23.3 Å². The number of aromatic nitrogens is 3. The van der Waals surface area contributed by atoms with Gasteiger partial charge in [0.25, 0.3) is 5.91 Å². The van der Waals surface area contributed by atoms with Crippen LogP contribution in [0.1, 0.15) is 46.1 Å². The Morgan fingerprint density at radius 3 is 2.69 bits per heavy atom. The molecule has 0 bridgehead atoms. The molecule has 1 aliphatic heterocycles. The van der Waals surface area contributed by atoms with E-state index in [1.807, 2.05) is 66.1 Å². The largest absolute Gasteiger partial charge is 0.338 e. The minimum atomic E-state index is -3.77. The second-order valence-corrected chi connectivity index (χ2v) is 10.6. The fraction of sp³-hybridized carbons (Fsp3) is 0.269. The van der Waals surface area contributed by atoms with Gasteiger partial charge in [-0.3, -0.25) is 9.20 Å². The lowest BCUT2D eigenvalue weighted by molar-refractivity contribution is 0.0703. The van der Waals surface area contributed by atoms with Crippen LogP contribution in [0.15, 0.2) is 77.8 Å². The summed E-state index contributed by atoms with van der Waals surface area (Å²) in [6, 6.07) is 19.8. The topological polar surface area (TPSA) is 96.7 Å². The molecule has 0 radical (unpaired) electrons. The van der Waals surface area contributed by atoms with Gasteiger partial charge in [0.05, 0.1) is 4.90 Å². The van der Waals surface area contributed by atoms with Gasteiger partial charge in [-0.2, -0.15) is 0 Å². The lowest BCUT2D eigenvalue weighted by atomic mass is 9.96. The second kappa shape index (κ2) is 9.59. The first-order valence-electron chi connectivity index (χ1n) is 11.7. The number of aryl methyl sites for hydroxylation is 1. The number of sulfonamides is 1. The number of piperidine rings is 1. The number of likely N-dealkylation sites (tertiary alicyclic amines) is 1. The van der Waals surface area contributed by atoms with Crippen molar-refractivity contribution in [3.05, 3.63) is 95.4 Å². The van der Waals surface area contributed by atoms with Gasteiger partial charge in [0.15, 0.2) is 5.65 Å². The Labute approximate surface area is 204 Å². The lowest BCUT2D eigenvalue weighted by Gasteiger charge is -2.32. The number of nitrogens with one attached hydrogen (secondary N) is 1. The molecule has 1 saturated heterocycles. The van der Waals surface area contributed by atoms with Gasteiger partial charge in [0, 0.05) is 37.3 Å². The summed E-state index contributed by atoms with van der Waals surface area (Å²) in [5, 5.41) is 8.63. The maximum atomic E-state index is 13.5. The minimum Gasteiger partial charge on any atom is -0.338 e. The number of nitrogens with zero attached hydrogens (tertiary/aromatic N) is 4. The Kier molecular flexibility index (Phi) is 6.36. The average Bonchev–Trinajstić information content (AvgIpc) is 3.32. The summed E-state index contributed by atoms with van der Waals surface area (Å²) in [4.78, 5) is 15.4. The summed E-state index contributed by atoms with van der Waals surface area (Å²) < 4.78 is 30.5. The molecule has 1 atom stereocenters. The van der Waals surface area contributed by atoms with E-state index in [2.05, 4.69) is 14.9 Å². The second-order valence-electron chi connectivity index (χ2n) is 8.86. The van der Waals surface area contributed by atoms with Crippen molar-refractivity contribution in [3.63, 3.8) is 0 Å². The molecular formula is C26H27N5O3S. The van der Waals surface area contributed by atoms with Gasteiger partial charge >= 0.3 is 0 Å². The van der Waals surface area contributed by atoms with E-state index in [1.165, 1.54) is 6.07 Å². The van der Waals surface area contributed by atoms with E-state index in [4.69, 9.17) is 0 Å². The van der Waals surface area contributed by atoms with Gasteiger partial charge in [0.2, 0.25) is 10.0 Å². The maximum Gasteiger partial charge on any atom is 0.254 e. The van der Waals surface area contributed by atoms with Crippen molar-refractivity contribution >= 4 is 21.6 Å². The SMILES string of the molecule is Cc1ccc(S(=O)(=O)NCc2ccccc2)cc1C(=O)N1CCCC(c2nnc3ccccn23)C1. The Hall–Kier alpha value is -3.56. The zero-order chi connectivity index (χ0) is 24.4. The molecule has 4 aromatic rings. The highest BCUT2D eigenvalue weighted by Crippen LogP contribution is 2.28. The molecule has 9 heteroatoms. The maximum absolute atomic E-state index is 13.5. The van der Waals surface area contributed by atoms with E-state index in [0.717, 1.165) is 35.4 Å². The molecule has 5 rings (SSSR count). The molecule has 0 spiro atoms. The third-order valence-electron chi connectivity index (χ3n) is 6.47. The van der Waals surface area contributed by atoms with E-state index in [1.54, 1.807) is 17.0 Å². The Morgan fingerprint density at radius 1 is 1.06 bits per heavy atom. The van der Waals surface area contributed by atoms with Crippen LogP contribution in [0.2, 0.25) is 0 Å². The Bertz CT molecular complexity index is 1470. The van der Waals surface area contributed by atoms with Crippen LogP contribution < -0.4 is 4.72 Å². The van der Waals surface area contributed by atoms with Crippen molar-refractivity contribution in [3.8, 4) is 0 Å². The average molecular weight is 490 g/mol. The third kappa shape index (κ3) is 4.82. The number of fused-ring (bicyclic) bond motifs is 1. The van der Waals surface area contributed by atoms with Gasteiger partial charge in [0.1, 0.15) is 5.82 Å². The highest BCUT2D eigenvalue weighted by molar-refractivity contribution is 7.89. The number of pyridine rings is 1. The van der Waals surface area contributed by atoms with Gasteiger partial charge < -0.3 is 4.90 Å². The zero-order valence-electron chi connectivity index (χ0n) is 19.5. The smallest absolute Gasteiger partial charge is 0.254 e. The Balaban J connectivity index is 1.35. The summed E-state index contributed by atoms with van der Waals surface area (Å²) in [5.41, 5.74) is 2.79. The van der Waals surface area contributed by atoms with Gasteiger partial charge in [-0.1, -0.05) is 42.5 Å². The van der Waals surface area contributed by atoms with Crippen LogP contribution in [0.4, 0.5) is 0 Å². The summed E-state index contributed by atoms with van der Waals surface area (Å²) in [6.45, 7) is 3.14. The van der Waals surface area contributed by atoms with Crippen molar-refractivity contribution in [2.75, 3.05) is 13.1 Å². The van der Waals surface area contributed by atoms with Gasteiger partial charge in [-0.05, 0) is 55.2 Å². The molecule has 3 heterocycles. The zero-order valence-corrected chi connectivity index (χ0v) is 20.3. The fourth-order valence-corrected chi connectivity index (χ4v) is 5.58. The first-order chi connectivity index (χ1) is 16.9. The van der Waals surface area contributed by atoms with Crippen LogP contribution in [0.3, 0.4) is 0 Å². The molecule has 1 fully saturated rings. The first-order valence-corrected chi connectivity index (χ1v) is 13.1. The molecule has 1 aliphatic rings. The van der Waals surface area contributed by atoms with Crippen molar-refractivity contribution < 1.29 is 13.2 Å². The van der Waals surface area contributed by atoms with Gasteiger partial charge in [-0.15, -0.1) is 10.2 Å². The van der Waals surface area contributed by atoms with Crippen LogP contribution in [0.25, 0.3) is 5.65 Å². The van der Waals surface area contributed by atoms with Crippen LogP contribution in [0, 0.1) is 6.92 Å². The number of carbonyl (C=O) groups is 1. The van der Waals surface area contributed by atoms with Crippen molar-refractivity contribution in [1.29, 1.82) is 0 Å². The van der Waals surface area contributed by atoms with E-state index < -0.39 is 10.0 Å². The number of carbonyl (C=O) groups excluding carboxylic acids is 1. The normalized spacial score (nSPS) is 16.5. The molecule has 1 unspecified atom stereocenters. The molecular weight excluding hydrogens is 462 g/mol. The number of hydrogen-bond acceptors (Lipinski definition) is 5. The molecule has 0 aliphatic carbocycles. The molecule has 1 N–H and O–H groups in total. The van der Waals surface area contributed by atoms with E-state index in [0.29, 0.717) is 18.7 Å². The summed E-state index contributed by atoms with van der Waals surface area (Å²) in [7, 11) is -3.77. The number of amides is 1. The highest BCUT2D eigenvalue weighted by Gasteiger charge is 2.29. The summed E-state index contributed by atoms with van der Waals surface area (Å²) >= 11 is 0. The van der Waals surface area contributed by atoms with Crippen molar-refractivity contribution in [2.45, 2.75) is 37.1 Å². The predicted octanol–water partition coefficient (Wildman–Crippen LogP) is 3.54. The van der Waals surface area contributed by atoms with Crippen LogP contribution in [-0.2, 0) is 16.6 Å². The quantitative estimate of drug-likeness (QED) is 0.447. The predicted molar refractivity (Wildman–Crippen MR) is 133 cm³/mol. The number of rotatable bonds is 6. The molecule has 2 aromatic carbocycles. The summed E-state index contributed by atoms with van der Waals surface area (Å²) in [6.07, 6.45) is 3.69. The van der Waals surface area contributed by atoms with E-state index >= 15 is 0 Å². The van der Waals surface area contributed by atoms with Crippen molar-refractivity contribution in [1.82, 2.24) is 24.2 Å². The third-order valence-corrected chi connectivity index (χ3v) is 7.87. The molecule has 0 saturated carbocycles. The number of hydrogen-bond donors (Lipinski definition) is 1. The molecule has 35 heavy (non-hydrogen) atoms. The van der Waals surface area contributed by atoms with E-state index in [9.17, 15) is 13.2 Å². The minimum absolute atomic E-state index is 0.0601. The fourth-order valence-electron chi connectivity index (χ4n) is 4.54. The molecule has 180 valence electrons. The molecule has 8 nitrogen and oxygen atoms in total. The number of benzene rings is 2. The van der Waals surface area contributed by atoms with Crippen molar-refractivity contribution in [2.24, 2.45) is 0 Å². The molecule has 2 aromatic heterocycles. The standard InChI is InChI=1S/C26H27N5O3S/c1-19-12-13-22(35(33,34)27-17-20-8-3-2-4-9-20)16-23(19)26(32)30-14-7-10-21(18-30)25-29-28-24-11-5-6-15-31(24)25/h2-6,8-9,11-13,15-16,21,27H,7,10,14,17-18H2,1H3.